The summed E-state index contributed by atoms with van der Waals surface area (Å²) < 4.78 is 5.72. The van der Waals surface area contributed by atoms with Crippen molar-refractivity contribution in [2.45, 2.75) is 39.7 Å². The van der Waals surface area contributed by atoms with E-state index in [0.29, 0.717) is 25.6 Å². The van der Waals surface area contributed by atoms with Crippen molar-refractivity contribution < 1.29 is 9.53 Å². The van der Waals surface area contributed by atoms with E-state index in [1.165, 1.54) is 5.56 Å². The van der Waals surface area contributed by atoms with E-state index in [1.807, 2.05) is 50.4 Å². The standard InChI is InChI=1S/C27H34N8O2/c1-4-28-27(36)31-21-7-5-20(6-8-21)25-32-23-11-14-34(24-9-12-29-19(3)30-24)13-10-22(23)26(33-25)35-15-16-37-17-18(35)2/h5-9,12,18H,4,10-11,13-17H2,1-3H3,(H2,28,31,36). The number of nitrogens with zero attached hydrogens (tertiary/aromatic N) is 6. The van der Waals surface area contributed by atoms with Crippen molar-refractivity contribution in [1.29, 1.82) is 0 Å². The van der Waals surface area contributed by atoms with Crippen LogP contribution in [0.4, 0.5) is 22.1 Å². The van der Waals surface area contributed by atoms with Crippen LogP contribution in [0.25, 0.3) is 11.4 Å². The zero-order valence-electron chi connectivity index (χ0n) is 21.7. The summed E-state index contributed by atoms with van der Waals surface area (Å²) in [6.07, 6.45) is 3.46. The Kier molecular flexibility index (Phi) is 7.45. The molecule has 194 valence electrons. The van der Waals surface area contributed by atoms with E-state index in [0.717, 1.165) is 66.9 Å². The Hall–Kier alpha value is -3.79. The Bertz CT molecular complexity index is 1250. The molecule has 2 aliphatic rings. The number of aryl methyl sites for hydroxylation is 1. The smallest absolute Gasteiger partial charge is 0.319 e. The molecule has 0 aliphatic carbocycles. The van der Waals surface area contributed by atoms with Crippen molar-refractivity contribution in [3.8, 4) is 11.4 Å². The fraction of sp³-hybridized carbons (Fsp3) is 0.444. The number of aromatic nitrogens is 4. The molecule has 1 aromatic carbocycles. The van der Waals surface area contributed by atoms with Crippen LogP contribution >= 0.6 is 0 Å². The van der Waals surface area contributed by atoms with E-state index < -0.39 is 0 Å². The van der Waals surface area contributed by atoms with Gasteiger partial charge in [-0.3, -0.25) is 0 Å². The third-order valence-electron chi connectivity index (χ3n) is 6.78. The number of benzene rings is 1. The van der Waals surface area contributed by atoms with Gasteiger partial charge in [0, 0.05) is 55.6 Å². The third kappa shape index (κ3) is 5.64. The fourth-order valence-corrected chi connectivity index (χ4v) is 4.88. The minimum absolute atomic E-state index is 0.219. The van der Waals surface area contributed by atoms with Gasteiger partial charge in [-0.2, -0.15) is 0 Å². The van der Waals surface area contributed by atoms with E-state index in [-0.39, 0.29) is 12.1 Å². The number of rotatable bonds is 5. The Morgan fingerprint density at radius 2 is 1.89 bits per heavy atom. The number of carbonyl (C=O) groups is 1. The Morgan fingerprint density at radius 3 is 2.65 bits per heavy atom. The number of hydrogen-bond donors (Lipinski definition) is 2. The monoisotopic (exact) mass is 502 g/mol. The second-order valence-electron chi connectivity index (χ2n) is 9.42. The van der Waals surface area contributed by atoms with Crippen molar-refractivity contribution in [2.75, 3.05) is 54.5 Å². The lowest BCUT2D eigenvalue weighted by Gasteiger charge is -2.36. The van der Waals surface area contributed by atoms with Gasteiger partial charge >= 0.3 is 6.03 Å². The maximum absolute atomic E-state index is 11.9. The number of urea groups is 1. The molecule has 10 heteroatoms. The number of morpholine rings is 1. The number of carbonyl (C=O) groups excluding carboxylic acids is 1. The van der Waals surface area contributed by atoms with Gasteiger partial charge < -0.3 is 25.2 Å². The Morgan fingerprint density at radius 1 is 1.08 bits per heavy atom. The molecule has 4 heterocycles. The van der Waals surface area contributed by atoms with Gasteiger partial charge in [0.15, 0.2) is 5.82 Å². The van der Waals surface area contributed by atoms with Crippen LogP contribution in [0.3, 0.4) is 0 Å². The highest BCUT2D eigenvalue weighted by molar-refractivity contribution is 5.89. The molecule has 37 heavy (non-hydrogen) atoms. The highest BCUT2D eigenvalue weighted by Crippen LogP contribution is 2.31. The lowest BCUT2D eigenvalue weighted by atomic mass is 10.1. The zero-order chi connectivity index (χ0) is 25.8. The molecular formula is C27H34N8O2. The van der Waals surface area contributed by atoms with Crippen LogP contribution in [0.1, 0.15) is 30.9 Å². The molecule has 0 spiro atoms. The van der Waals surface area contributed by atoms with Crippen LogP contribution in [0.5, 0.6) is 0 Å². The molecule has 0 radical (unpaired) electrons. The average molecular weight is 503 g/mol. The first-order chi connectivity index (χ1) is 18.0. The summed E-state index contributed by atoms with van der Waals surface area (Å²) in [4.78, 5) is 35.6. The van der Waals surface area contributed by atoms with Gasteiger partial charge in [0.25, 0.3) is 0 Å². The molecule has 1 atom stereocenters. The molecule has 2 aliphatic heterocycles. The number of hydrogen-bond acceptors (Lipinski definition) is 8. The molecule has 1 fully saturated rings. The number of amides is 2. The molecule has 5 rings (SSSR count). The summed E-state index contributed by atoms with van der Waals surface area (Å²) in [7, 11) is 0. The first kappa shape index (κ1) is 24.9. The SMILES string of the molecule is CCNC(=O)Nc1ccc(-c2nc3c(c(N4CCOCC4C)n2)CCN(c2ccnc(C)n2)CC3)cc1. The summed E-state index contributed by atoms with van der Waals surface area (Å²) in [6, 6.07) is 9.68. The van der Waals surface area contributed by atoms with E-state index >= 15 is 0 Å². The highest BCUT2D eigenvalue weighted by Gasteiger charge is 2.28. The average Bonchev–Trinajstić information content (AvgIpc) is 3.12. The summed E-state index contributed by atoms with van der Waals surface area (Å²) in [6.45, 7) is 10.4. The van der Waals surface area contributed by atoms with Gasteiger partial charge in [-0.05, 0) is 57.5 Å². The first-order valence-electron chi connectivity index (χ1n) is 13.0. The van der Waals surface area contributed by atoms with Crippen molar-refractivity contribution in [3.05, 3.63) is 53.6 Å². The number of nitrogens with one attached hydrogen (secondary N) is 2. The third-order valence-corrected chi connectivity index (χ3v) is 6.78. The van der Waals surface area contributed by atoms with Crippen molar-refractivity contribution in [2.24, 2.45) is 0 Å². The second-order valence-corrected chi connectivity index (χ2v) is 9.42. The Balaban J connectivity index is 1.47. The first-order valence-corrected chi connectivity index (χ1v) is 13.0. The molecule has 2 aromatic heterocycles. The number of anilines is 3. The van der Waals surface area contributed by atoms with Gasteiger partial charge in [-0.1, -0.05) is 0 Å². The van der Waals surface area contributed by atoms with Crippen LogP contribution in [0, 0.1) is 6.92 Å². The normalized spacial score (nSPS) is 17.6. The van der Waals surface area contributed by atoms with Crippen LogP contribution in [0.2, 0.25) is 0 Å². The summed E-state index contributed by atoms with van der Waals surface area (Å²) in [5.41, 5.74) is 3.93. The lowest BCUT2D eigenvalue weighted by molar-refractivity contribution is 0.0984. The van der Waals surface area contributed by atoms with Crippen LogP contribution in [-0.2, 0) is 17.6 Å². The maximum atomic E-state index is 11.9. The largest absolute Gasteiger partial charge is 0.377 e. The van der Waals surface area contributed by atoms with E-state index in [4.69, 9.17) is 14.7 Å². The van der Waals surface area contributed by atoms with Gasteiger partial charge in [0.1, 0.15) is 17.5 Å². The molecule has 3 aromatic rings. The molecular weight excluding hydrogens is 468 g/mol. The molecule has 2 N–H and O–H groups in total. The van der Waals surface area contributed by atoms with Crippen LogP contribution < -0.4 is 20.4 Å². The molecule has 2 amide bonds. The van der Waals surface area contributed by atoms with Gasteiger partial charge in [0.2, 0.25) is 0 Å². The summed E-state index contributed by atoms with van der Waals surface area (Å²) in [5.74, 6) is 3.42. The summed E-state index contributed by atoms with van der Waals surface area (Å²) >= 11 is 0. The molecule has 0 saturated carbocycles. The molecule has 0 bridgehead atoms. The van der Waals surface area contributed by atoms with Gasteiger partial charge in [0.05, 0.1) is 24.9 Å². The predicted octanol–water partition coefficient (Wildman–Crippen LogP) is 3.21. The number of fused-ring (bicyclic) bond motifs is 1. The Labute approximate surface area is 217 Å². The second kappa shape index (κ2) is 11.1. The van der Waals surface area contributed by atoms with E-state index in [1.54, 1.807) is 0 Å². The summed E-state index contributed by atoms with van der Waals surface area (Å²) in [5, 5.41) is 5.59. The molecule has 1 unspecified atom stereocenters. The molecule has 10 nitrogen and oxygen atoms in total. The van der Waals surface area contributed by atoms with Gasteiger partial charge in [-0.25, -0.2) is 24.7 Å². The lowest BCUT2D eigenvalue weighted by Crippen LogP contribution is -2.45. The fourth-order valence-electron chi connectivity index (χ4n) is 4.88. The van der Waals surface area contributed by atoms with Crippen molar-refractivity contribution >= 4 is 23.4 Å². The minimum Gasteiger partial charge on any atom is -0.377 e. The van der Waals surface area contributed by atoms with Crippen LogP contribution in [-0.4, -0.2) is 71.4 Å². The van der Waals surface area contributed by atoms with Crippen molar-refractivity contribution in [3.63, 3.8) is 0 Å². The van der Waals surface area contributed by atoms with Crippen molar-refractivity contribution in [1.82, 2.24) is 25.3 Å². The highest BCUT2D eigenvalue weighted by atomic mass is 16.5. The van der Waals surface area contributed by atoms with E-state index in [2.05, 4.69) is 37.3 Å². The minimum atomic E-state index is -0.219. The van der Waals surface area contributed by atoms with Crippen LogP contribution in [0.15, 0.2) is 36.5 Å². The van der Waals surface area contributed by atoms with Gasteiger partial charge in [-0.15, -0.1) is 0 Å². The topological polar surface area (TPSA) is 108 Å². The predicted molar refractivity (Wildman–Crippen MR) is 144 cm³/mol. The zero-order valence-corrected chi connectivity index (χ0v) is 21.7. The number of ether oxygens (including phenoxy) is 1. The van der Waals surface area contributed by atoms with E-state index in [9.17, 15) is 4.79 Å². The quantitative estimate of drug-likeness (QED) is 0.548. The molecule has 1 saturated heterocycles. The maximum Gasteiger partial charge on any atom is 0.319 e.